The van der Waals surface area contributed by atoms with Gasteiger partial charge >= 0.3 is 0 Å². The maximum atomic E-state index is 4.49. The minimum Gasteiger partial charge on any atom is -0.255 e. The van der Waals surface area contributed by atoms with Gasteiger partial charge in [-0.2, -0.15) is 0 Å². The van der Waals surface area contributed by atoms with Gasteiger partial charge in [-0.3, -0.25) is 5.43 Å². The summed E-state index contributed by atoms with van der Waals surface area (Å²) < 4.78 is 1.30. The Labute approximate surface area is 105 Å². The van der Waals surface area contributed by atoms with Crippen LogP contribution < -0.4 is 5.43 Å². The third-order valence-electron chi connectivity index (χ3n) is 3.13. The Morgan fingerprint density at radius 1 is 1.53 bits per heavy atom. The minimum atomic E-state index is 0.754. The van der Waals surface area contributed by atoms with Crippen LogP contribution in [0, 0.1) is 12.8 Å². The first-order valence-corrected chi connectivity index (χ1v) is 6.87. The first-order chi connectivity index (χ1) is 8.20. The van der Waals surface area contributed by atoms with E-state index in [1.807, 2.05) is 0 Å². The van der Waals surface area contributed by atoms with Gasteiger partial charge in [-0.05, 0) is 30.5 Å². The van der Waals surface area contributed by atoms with Crippen molar-refractivity contribution >= 4 is 21.6 Å². The monoisotopic (exact) mass is 247 g/mol. The van der Waals surface area contributed by atoms with Crippen molar-refractivity contribution in [3.05, 3.63) is 28.8 Å². The van der Waals surface area contributed by atoms with Gasteiger partial charge in [-0.1, -0.05) is 13.0 Å². The lowest BCUT2D eigenvalue weighted by atomic mass is 10.2. The average Bonchev–Trinajstić information content (AvgIpc) is 2.83. The van der Waals surface area contributed by atoms with Crippen LogP contribution >= 0.6 is 11.3 Å². The molecule has 17 heavy (non-hydrogen) atoms. The summed E-state index contributed by atoms with van der Waals surface area (Å²) in [7, 11) is 0. The molecule has 1 aromatic carbocycles. The molecule has 1 fully saturated rings. The highest BCUT2D eigenvalue weighted by Crippen LogP contribution is 2.23. The van der Waals surface area contributed by atoms with Crippen LogP contribution in [0.25, 0.3) is 10.2 Å². The first-order valence-electron chi connectivity index (χ1n) is 6.05. The van der Waals surface area contributed by atoms with Crippen molar-refractivity contribution in [2.24, 2.45) is 5.92 Å². The zero-order valence-corrected chi connectivity index (χ0v) is 11.0. The molecule has 0 aliphatic carbocycles. The Balaban J connectivity index is 1.80. The molecule has 2 heterocycles. The SMILES string of the molecule is Cc1nc2ccc(CN3C[C@@H](C)CN3)cc2s1. The van der Waals surface area contributed by atoms with Crippen molar-refractivity contribution in [1.82, 2.24) is 15.4 Å². The number of hydrazine groups is 1. The average molecular weight is 247 g/mol. The van der Waals surface area contributed by atoms with Crippen LogP contribution in [0.15, 0.2) is 18.2 Å². The van der Waals surface area contributed by atoms with Crippen LogP contribution in [-0.2, 0) is 6.54 Å². The van der Waals surface area contributed by atoms with Crippen molar-refractivity contribution in [1.29, 1.82) is 0 Å². The van der Waals surface area contributed by atoms with E-state index in [9.17, 15) is 0 Å². The number of thiazole rings is 1. The molecule has 1 saturated heterocycles. The highest BCUT2D eigenvalue weighted by atomic mass is 32.1. The second-order valence-electron chi connectivity index (χ2n) is 4.88. The topological polar surface area (TPSA) is 28.2 Å². The van der Waals surface area contributed by atoms with E-state index in [1.165, 1.54) is 10.3 Å². The number of fused-ring (bicyclic) bond motifs is 1. The summed E-state index contributed by atoms with van der Waals surface area (Å²) in [6.07, 6.45) is 0. The molecule has 0 amide bonds. The number of nitrogens with zero attached hydrogens (tertiary/aromatic N) is 2. The van der Waals surface area contributed by atoms with E-state index in [2.05, 4.69) is 47.5 Å². The summed E-state index contributed by atoms with van der Waals surface area (Å²) in [4.78, 5) is 4.49. The number of aryl methyl sites for hydroxylation is 1. The second kappa shape index (κ2) is 4.37. The molecule has 4 heteroatoms. The number of benzene rings is 1. The number of rotatable bonds is 2. The zero-order chi connectivity index (χ0) is 11.8. The standard InChI is InChI=1S/C13H17N3S/c1-9-6-14-16(7-9)8-11-3-4-12-13(5-11)17-10(2)15-12/h3-5,9,14H,6-8H2,1-2H3/t9-/m0/s1. The fourth-order valence-electron chi connectivity index (χ4n) is 2.31. The molecule has 1 aliphatic rings. The molecule has 2 aromatic rings. The molecule has 1 aromatic heterocycles. The molecule has 1 N–H and O–H groups in total. The zero-order valence-electron chi connectivity index (χ0n) is 10.2. The van der Waals surface area contributed by atoms with E-state index >= 15 is 0 Å². The van der Waals surface area contributed by atoms with Crippen LogP contribution in [0.3, 0.4) is 0 Å². The van der Waals surface area contributed by atoms with Gasteiger partial charge in [0.2, 0.25) is 0 Å². The van der Waals surface area contributed by atoms with Crippen molar-refractivity contribution in [3.63, 3.8) is 0 Å². The van der Waals surface area contributed by atoms with Crippen LogP contribution in [0.4, 0.5) is 0 Å². The molecule has 0 saturated carbocycles. The lowest BCUT2D eigenvalue weighted by Gasteiger charge is -2.15. The molecule has 0 bridgehead atoms. The second-order valence-corrected chi connectivity index (χ2v) is 6.12. The van der Waals surface area contributed by atoms with E-state index in [-0.39, 0.29) is 0 Å². The van der Waals surface area contributed by atoms with Crippen molar-refractivity contribution in [2.45, 2.75) is 20.4 Å². The number of aromatic nitrogens is 1. The van der Waals surface area contributed by atoms with Gasteiger partial charge in [0.25, 0.3) is 0 Å². The van der Waals surface area contributed by atoms with Gasteiger partial charge in [0.15, 0.2) is 0 Å². The summed E-state index contributed by atoms with van der Waals surface area (Å²) >= 11 is 1.77. The summed E-state index contributed by atoms with van der Waals surface area (Å²) in [5, 5.41) is 3.45. The van der Waals surface area contributed by atoms with E-state index in [0.717, 1.165) is 36.1 Å². The lowest BCUT2D eigenvalue weighted by Crippen LogP contribution is -2.29. The highest BCUT2D eigenvalue weighted by Gasteiger charge is 2.17. The quantitative estimate of drug-likeness (QED) is 0.884. The molecule has 1 aliphatic heterocycles. The Kier molecular flexibility index (Phi) is 2.86. The summed E-state index contributed by atoms with van der Waals surface area (Å²) in [6.45, 7) is 7.57. The summed E-state index contributed by atoms with van der Waals surface area (Å²) in [5.41, 5.74) is 5.92. The molecule has 1 atom stereocenters. The molecule has 90 valence electrons. The van der Waals surface area contributed by atoms with Crippen LogP contribution in [0.2, 0.25) is 0 Å². The van der Waals surface area contributed by atoms with Crippen LogP contribution in [0.1, 0.15) is 17.5 Å². The van der Waals surface area contributed by atoms with Crippen molar-refractivity contribution in [3.8, 4) is 0 Å². The largest absolute Gasteiger partial charge is 0.255 e. The third kappa shape index (κ3) is 2.34. The van der Waals surface area contributed by atoms with Crippen LogP contribution in [0.5, 0.6) is 0 Å². The van der Waals surface area contributed by atoms with Gasteiger partial charge in [-0.25, -0.2) is 9.99 Å². The molecule has 3 nitrogen and oxygen atoms in total. The maximum Gasteiger partial charge on any atom is 0.0907 e. The van der Waals surface area contributed by atoms with Crippen LogP contribution in [-0.4, -0.2) is 23.1 Å². The van der Waals surface area contributed by atoms with Gasteiger partial charge in [-0.15, -0.1) is 11.3 Å². The fraction of sp³-hybridized carbons (Fsp3) is 0.462. The van der Waals surface area contributed by atoms with Gasteiger partial charge in [0, 0.05) is 19.6 Å². The summed E-state index contributed by atoms with van der Waals surface area (Å²) in [6, 6.07) is 6.59. The number of hydrogen-bond donors (Lipinski definition) is 1. The lowest BCUT2D eigenvalue weighted by molar-refractivity contribution is 0.240. The first kappa shape index (κ1) is 11.1. The highest BCUT2D eigenvalue weighted by molar-refractivity contribution is 7.18. The van der Waals surface area contributed by atoms with Gasteiger partial charge in [0.1, 0.15) is 0 Å². The van der Waals surface area contributed by atoms with Crippen molar-refractivity contribution in [2.75, 3.05) is 13.1 Å². The third-order valence-corrected chi connectivity index (χ3v) is 4.06. The molecule has 0 radical (unpaired) electrons. The van der Waals surface area contributed by atoms with Crippen molar-refractivity contribution < 1.29 is 0 Å². The van der Waals surface area contributed by atoms with Gasteiger partial charge < -0.3 is 0 Å². The Morgan fingerprint density at radius 3 is 3.18 bits per heavy atom. The van der Waals surface area contributed by atoms with E-state index in [0.29, 0.717) is 0 Å². The molecule has 3 rings (SSSR count). The van der Waals surface area contributed by atoms with E-state index in [4.69, 9.17) is 0 Å². The molecular weight excluding hydrogens is 230 g/mol. The Bertz CT molecular complexity index is 534. The Hall–Kier alpha value is -0.970. The van der Waals surface area contributed by atoms with Gasteiger partial charge in [0.05, 0.1) is 15.2 Å². The van der Waals surface area contributed by atoms with E-state index in [1.54, 1.807) is 11.3 Å². The smallest absolute Gasteiger partial charge is 0.0907 e. The molecule has 0 spiro atoms. The maximum absolute atomic E-state index is 4.49. The number of hydrogen-bond acceptors (Lipinski definition) is 4. The predicted molar refractivity (Wildman–Crippen MR) is 71.9 cm³/mol. The molecule has 0 unspecified atom stereocenters. The summed E-state index contributed by atoms with van der Waals surface area (Å²) in [5.74, 6) is 0.754. The predicted octanol–water partition coefficient (Wildman–Crippen LogP) is 2.56. The number of nitrogens with one attached hydrogen (secondary N) is 1. The Morgan fingerprint density at radius 2 is 2.41 bits per heavy atom. The van der Waals surface area contributed by atoms with E-state index < -0.39 is 0 Å². The molecular formula is C13H17N3S. The fourth-order valence-corrected chi connectivity index (χ4v) is 3.20. The normalized spacial score (nSPS) is 21.4. The minimum absolute atomic E-state index is 0.754.